The number of nitrogens with zero attached hydrogens (tertiary/aromatic N) is 2. The smallest absolute Gasteiger partial charge is 0.329 e. The Morgan fingerprint density at radius 3 is 2.72 bits per heavy atom. The van der Waals surface area contributed by atoms with E-state index < -0.39 is 11.9 Å². The second-order valence-electron chi connectivity index (χ2n) is 6.56. The van der Waals surface area contributed by atoms with Gasteiger partial charge in [0.2, 0.25) is 11.8 Å². The van der Waals surface area contributed by atoms with Gasteiger partial charge in [-0.1, -0.05) is 18.6 Å². The minimum Gasteiger partial charge on any atom is -0.330 e. The molecule has 1 saturated heterocycles. The van der Waals surface area contributed by atoms with E-state index in [1.165, 1.54) is 4.57 Å². The molecule has 1 fully saturated rings. The molecule has 7 nitrogen and oxygen atoms in total. The van der Waals surface area contributed by atoms with E-state index in [2.05, 4.69) is 5.32 Å². The van der Waals surface area contributed by atoms with E-state index in [0.29, 0.717) is 13.0 Å². The molecule has 0 radical (unpaired) electrons. The maximum Gasteiger partial charge on any atom is 0.329 e. The zero-order valence-corrected chi connectivity index (χ0v) is 14.5. The number of nitrogens with two attached hydrogens (primary N) is 1. The van der Waals surface area contributed by atoms with Crippen molar-refractivity contribution in [3.8, 4) is 0 Å². The maximum atomic E-state index is 12.8. The molecule has 7 heteroatoms. The summed E-state index contributed by atoms with van der Waals surface area (Å²) in [4.78, 5) is 36.4. The van der Waals surface area contributed by atoms with Crippen LogP contribution in [0, 0.1) is 0 Å². The van der Waals surface area contributed by atoms with E-state index in [4.69, 9.17) is 5.73 Å². The van der Waals surface area contributed by atoms with E-state index in [-0.39, 0.29) is 18.0 Å². The lowest BCUT2D eigenvalue weighted by Crippen LogP contribution is -2.44. The van der Waals surface area contributed by atoms with Crippen LogP contribution in [0.4, 0.5) is 0 Å². The Balaban J connectivity index is 2.00. The fraction of sp³-hybridized carbons (Fsp3) is 0.500. The molecule has 3 N–H and O–H groups in total. The van der Waals surface area contributed by atoms with Crippen LogP contribution in [-0.2, 0) is 23.1 Å². The maximum absolute atomic E-state index is 12.8. The van der Waals surface area contributed by atoms with Crippen LogP contribution in [0.5, 0.6) is 0 Å². The highest BCUT2D eigenvalue weighted by Gasteiger charge is 2.31. The van der Waals surface area contributed by atoms with Crippen molar-refractivity contribution >= 4 is 22.8 Å². The van der Waals surface area contributed by atoms with Crippen LogP contribution in [0.3, 0.4) is 0 Å². The number of aryl methyl sites for hydroxylation is 2. The quantitative estimate of drug-likeness (QED) is 0.603. The molecule has 1 aromatic carbocycles. The summed E-state index contributed by atoms with van der Waals surface area (Å²) in [5, 5.41) is 2.33. The fourth-order valence-corrected chi connectivity index (χ4v) is 3.59. The largest absolute Gasteiger partial charge is 0.330 e. The first-order chi connectivity index (χ1) is 12.0. The molecule has 1 aliphatic heterocycles. The summed E-state index contributed by atoms with van der Waals surface area (Å²) < 4.78 is 3.14. The predicted octanol–water partition coefficient (Wildman–Crippen LogP) is 0.989. The van der Waals surface area contributed by atoms with Gasteiger partial charge in [-0.2, -0.15) is 0 Å². The Bertz CT molecular complexity index is 865. The lowest BCUT2D eigenvalue weighted by molar-refractivity contribution is -0.135. The molecule has 1 aromatic heterocycles. The van der Waals surface area contributed by atoms with Crippen molar-refractivity contribution < 1.29 is 9.59 Å². The summed E-state index contributed by atoms with van der Waals surface area (Å²) in [6.45, 7) is 0.689. The van der Waals surface area contributed by atoms with Crippen LogP contribution in [0.15, 0.2) is 23.0 Å². The van der Waals surface area contributed by atoms with Gasteiger partial charge in [0.25, 0.3) is 0 Å². The molecular formula is C18H24N4O3. The zero-order chi connectivity index (χ0) is 18.0. The number of piperidine rings is 1. The van der Waals surface area contributed by atoms with Crippen LogP contribution < -0.4 is 16.7 Å². The van der Waals surface area contributed by atoms with Crippen molar-refractivity contribution in [3.05, 3.63) is 34.2 Å². The van der Waals surface area contributed by atoms with Crippen LogP contribution in [0.25, 0.3) is 11.0 Å². The minimum absolute atomic E-state index is 0.223. The lowest BCUT2D eigenvalue weighted by atomic mass is 10.0. The molecule has 2 aromatic rings. The fourth-order valence-electron chi connectivity index (χ4n) is 3.59. The van der Waals surface area contributed by atoms with Gasteiger partial charge in [0.1, 0.15) is 6.04 Å². The number of carbonyl (C=O) groups excluding carboxylic acids is 2. The molecule has 0 saturated carbocycles. The summed E-state index contributed by atoms with van der Waals surface area (Å²) in [6, 6.07) is 5.17. The monoisotopic (exact) mass is 344 g/mol. The Hall–Kier alpha value is -2.41. The number of aromatic nitrogens is 2. The summed E-state index contributed by atoms with van der Waals surface area (Å²) in [5.74, 6) is -0.686. The number of hydrogen-bond donors (Lipinski definition) is 2. The Labute approximate surface area is 145 Å². The van der Waals surface area contributed by atoms with Gasteiger partial charge in [0.15, 0.2) is 0 Å². The highest BCUT2D eigenvalue weighted by molar-refractivity contribution is 6.00. The lowest BCUT2D eigenvalue weighted by Gasteiger charge is -2.21. The van der Waals surface area contributed by atoms with Gasteiger partial charge >= 0.3 is 5.69 Å². The topological polar surface area (TPSA) is 99.1 Å². The molecule has 2 heterocycles. The number of imidazole rings is 1. The second kappa shape index (κ2) is 7.23. The molecule has 0 spiro atoms. The van der Waals surface area contributed by atoms with Gasteiger partial charge in [0.05, 0.1) is 11.0 Å². The Morgan fingerprint density at radius 1 is 1.20 bits per heavy atom. The van der Waals surface area contributed by atoms with Crippen molar-refractivity contribution in [1.29, 1.82) is 0 Å². The third kappa shape index (κ3) is 3.24. The molecule has 1 unspecified atom stereocenters. The number of fused-ring (bicyclic) bond motifs is 1. The van der Waals surface area contributed by atoms with Gasteiger partial charge < -0.3 is 5.73 Å². The first-order valence-corrected chi connectivity index (χ1v) is 8.77. The average molecular weight is 344 g/mol. The number of rotatable bonds is 6. The number of para-hydroxylation sites is 1. The molecular weight excluding hydrogens is 320 g/mol. The summed E-state index contributed by atoms with van der Waals surface area (Å²) in [5.41, 5.74) is 8.03. The van der Waals surface area contributed by atoms with Gasteiger partial charge in [-0.15, -0.1) is 0 Å². The number of amides is 2. The van der Waals surface area contributed by atoms with Crippen LogP contribution in [-0.4, -0.2) is 27.5 Å². The first kappa shape index (κ1) is 17.4. The number of hydrogen-bond acceptors (Lipinski definition) is 4. The first-order valence-electron chi connectivity index (χ1n) is 8.77. The predicted molar refractivity (Wildman–Crippen MR) is 95.2 cm³/mol. The highest BCUT2D eigenvalue weighted by Crippen LogP contribution is 2.25. The van der Waals surface area contributed by atoms with Crippen molar-refractivity contribution in [3.63, 3.8) is 0 Å². The van der Waals surface area contributed by atoms with Gasteiger partial charge in [-0.05, 0) is 43.9 Å². The van der Waals surface area contributed by atoms with Crippen LogP contribution in [0.2, 0.25) is 0 Å². The highest BCUT2D eigenvalue weighted by atomic mass is 16.2. The normalized spacial score (nSPS) is 17.9. The number of nitrogens with one attached hydrogen (secondary N) is 1. The number of carbonyl (C=O) groups is 2. The molecule has 1 atom stereocenters. The summed E-state index contributed by atoms with van der Waals surface area (Å²) in [6.07, 6.45) is 4.52. The number of benzene rings is 1. The van der Waals surface area contributed by atoms with Crippen LogP contribution in [0.1, 0.15) is 43.7 Å². The van der Waals surface area contributed by atoms with Crippen LogP contribution >= 0.6 is 0 Å². The van der Waals surface area contributed by atoms with Gasteiger partial charge in [0, 0.05) is 13.5 Å². The minimum atomic E-state index is -0.638. The summed E-state index contributed by atoms with van der Waals surface area (Å²) in [7, 11) is 1.73. The van der Waals surface area contributed by atoms with E-state index in [0.717, 1.165) is 42.3 Å². The molecule has 0 bridgehead atoms. The molecule has 1 aliphatic rings. The van der Waals surface area contributed by atoms with E-state index in [9.17, 15) is 14.4 Å². The van der Waals surface area contributed by atoms with E-state index >= 15 is 0 Å². The van der Waals surface area contributed by atoms with Crippen molar-refractivity contribution in [2.75, 3.05) is 6.54 Å². The van der Waals surface area contributed by atoms with Crippen molar-refractivity contribution in [2.24, 2.45) is 12.8 Å². The molecule has 3 rings (SSSR count). The molecule has 134 valence electrons. The van der Waals surface area contributed by atoms with Crippen molar-refractivity contribution in [2.45, 2.75) is 44.6 Å². The Kier molecular flexibility index (Phi) is 5.03. The second-order valence-corrected chi connectivity index (χ2v) is 6.56. The molecule has 25 heavy (non-hydrogen) atoms. The Morgan fingerprint density at radius 2 is 2.00 bits per heavy atom. The van der Waals surface area contributed by atoms with E-state index in [1.807, 2.05) is 18.2 Å². The van der Waals surface area contributed by atoms with E-state index in [1.54, 1.807) is 11.6 Å². The number of unbranched alkanes of at least 4 members (excludes halogenated alkanes) is 2. The zero-order valence-electron chi connectivity index (χ0n) is 14.5. The third-order valence-electron chi connectivity index (χ3n) is 4.86. The third-order valence-corrected chi connectivity index (χ3v) is 4.86. The standard InChI is InChI=1S/C18H24N4O3/c1-21-16-12(6-3-2-4-11-19)7-5-8-13(16)22(18(21)25)14-9-10-15(23)20-17(14)24/h5,7-8,14H,2-4,6,9-11,19H2,1H3,(H,20,23,24). The molecule has 2 amide bonds. The molecule has 0 aliphatic carbocycles. The SMILES string of the molecule is Cn1c(=O)n(C2CCC(=O)NC2=O)c2cccc(CCCCCN)c21. The van der Waals surface area contributed by atoms with Gasteiger partial charge in [-0.25, -0.2) is 4.79 Å². The van der Waals surface area contributed by atoms with Gasteiger partial charge in [-0.3, -0.25) is 24.0 Å². The van der Waals surface area contributed by atoms with Crippen molar-refractivity contribution in [1.82, 2.24) is 14.5 Å². The summed E-state index contributed by atoms with van der Waals surface area (Å²) >= 11 is 0. The number of imide groups is 1. The average Bonchev–Trinajstić information content (AvgIpc) is 2.84.